The summed E-state index contributed by atoms with van der Waals surface area (Å²) < 4.78 is 10.9. The molecule has 4 heteroatoms. The molecule has 134 valence electrons. The molecule has 1 N–H and O–H groups in total. The van der Waals surface area contributed by atoms with Crippen LogP contribution in [0.1, 0.15) is 29.7 Å². The van der Waals surface area contributed by atoms with Crippen molar-refractivity contribution in [2.24, 2.45) is 0 Å². The number of benzene rings is 2. The lowest BCUT2D eigenvalue weighted by atomic mass is 9.76. The lowest BCUT2D eigenvalue weighted by molar-refractivity contribution is 0.0354. The molecule has 2 aromatic carbocycles. The minimum Gasteiger partial charge on any atom is -0.497 e. The number of aromatic nitrogens is 1. The Hall–Kier alpha value is -2.85. The van der Waals surface area contributed by atoms with Crippen LogP contribution in [0, 0.1) is 0 Å². The lowest BCUT2D eigenvalue weighted by Gasteiger charge is -2.34. The zero-order chi connectivity index (χ0) is 18.6. The minimum atomic E-state index is -1.27. The van der Waals surface area contributed by atoms with Crippen LogP contribution in [0.4, 0.5) is 0 Å². The van der Waals surface area contributed by atoms with Gasteiger partial charge in [0.25, 0.3) is 0 Å². The topological polar surface area (TPSA) is 51.6 Å². The summed E-state index contributed by atoms with van der Waals surface area (Å²) in [6.07, 6.45) is 1.74. The van der Waals surface area contributed by atoms with Crippen LogP contribution in [0.5, 0.6) is 11.5 Å². The van der Waals surface area contributed by atoms with Gasteiger partial charge in [-0.3, -0.25) is 4.98 Å². The van der Waals surface area contributed by atoms with Gasteiger partial charge in [0.05, 0.1) is 25.8 Å². The van der Waals surface area contributed by atoms with E-state index in [1.54, 1.807) is 27.3 Å². The van der Waals surface area contributed by atoms with Crippen LogP contribution in [-0.4, -0.2) is 24.3 Å². The second kappa shape index (κ2) is 7.58. The van der Waals surface area contributed by atoms with Crippen molar-refractivity contribution in [3.05, 3.63) is 89.7 Å². The molecule has 0 spiro atoms. The van der Waals surface area contributed by atoms with Crippen molar-refractivity contribution >= 4 is 0 Å². The normalized spacial score (nSPS) is 14.3. The van der Waals surface area contributed by atoms with Gasteiger partial charge >= 0.3 is 0 Å². The quantitative estimate of drug-likeness (QED) is 0.727. The molecule has 4 nitrogen and oxygen atoms in total. The minimum absolute atomic E-state index is 0.370. The highest BCUT2D eigenvalue weighted by Crippen LogP contribution is 2.45. The predicted molar refractivity (Wildman–Crippen MR) is 102 cm³/mol. The number of methoxy groups -OCH3 is 2. The standard InChI is InChI=1S/C22H23NO3/c1-22(24,18-15-17(25-2)12-13-20(18)26-3)21(16-9-5-4-6-10-16)19-11-7-8-14-23-19/h4-15,21,24H,1-3H3. The Morgan fingerprint density at radius 1 is 0.923 bits per heavy atom. The van der Waals surface area contributed by atoms with Gasteiger partial charge in [0.1, 0.15) is 17.1 Å². The van der Waals surface area contributed by atoms with E-state index in [0.717, 1.165) is 11.3 Å². The maximum absolute atomic E-state index is 11.7. The third-order valence-electron chi connectivity index (χ3n) is 4.63. The maximum atomic E-state index is 11.7. The molecule has 0 saturated carbocycles. The Bertz CT molecular complexity index is 808. The van der Waals surface area contributed by atoms with Crippen molar-refractivity contribution in [3.8, 4) is 11.5 Å². The maximum Gasteiger partial charge on any atom is 0.125 e. The summed E-state index contributed by atoms with van der Waals surface area (Å²) in [7, 11) is 3.20. The summed E-state index contributed by atoms with van der Waals surface area (Å²) in [6, 6.07) is 21.1. The van der Waals surface area contributed by atoms with Crippen molar-refractivity contribution in [2.45, 2.75) is 18.4 Å². The van der Waals surface area contributed by atoms with E-state index in [1.807, 2.05) is 66.7 Å². The molecule has 0 saturated heterocycles. The molecule has 1 heterocycles. The average molecular weight is 349 g/mol. The first-order valence-electron chi connectivity index (χ1n) is 8.48. The molecule has 0 amide bonds. The van der Waals surface area contributed by atoms with Crippen LogP contribution in [0.2, 0.25) is 0 Å². The van der Waals surface area contributed by atoms with Crippen molar-refractivity contribution in [1.29, 1.82) is 0 Å². The van der Waals surface area contributed by atoms with E-state index in [0.29, 0.717) is 17.1 Å². The van der Waals surface area contributed by atoms with Crippen LogP contribution in [0.25, 0.3) is 0 Å². The van der Waals surface area contributed by atoms with Gasteiger partial charge in [-0.2, -0.15) is 0 Å². The summed E-state index contributed by atoms with van der Waals surface area (Å²) in [5.74, 6) is 0.896. The molecule has 0 bridgehead atoms. The third-order valence-corrected chi connectivity index (χ3v) is 4.63. The molecular weight excluding hydrogens is 326 g/mol. The molecule has 2 unspecified atom stereocenters. The molecule has 0 aliphatic rings. The molecule has 0 aliphatic carbocycles. The summed E-state index contributed by atoms with van der Waals surface area (Å²) >= 11 is 0. The number of rotatable bonds is 6. The monoisotopic (exact) mass is 349 g/mol. The highest BCUT2D eigenvalue weighted by molar-refractivity contribution is 5.47. The Kier molecular flexibility index (Phi) is 5.24. The Morgan fingerprint density at radius 3 is 2.27 bits per heavy atom. The van der Waals surface area contributed by atoms with Crippen LogP contribution in [-0.2, 0) is 5.60 Å². The average Bonchev–Trinajstić information content (AvgIpc) is 2.69. The fourth-order valence-electron chi connectivity index (χ4n) is 3.34. The first-order chi connectivity index (χ1) is 12.6. The van der Waals surface area contributed by atoms with Crippen molar-refractivity contribution in [3.63, 3.8) is 0 Å². The smallest absolute Gasteiger partial charge is 0.125 e. The van der Waals surface area contributed by atoms with Crippen LogP contribution < -0.4 is 9.47 Å². The highest BCUT2D eigenvalue weighted by Gasteiger charge is 2.39. The number of aliphatic hydroxyl groups is 1. The van der Waals surface area contributed by atoms with Gasteiger partial charge in [0, 0.05) is 11.8 Å². The fourth-order valence-corrected chi connectivity index (χ4v) is 3.34. The molecule has 0 aliphatic heterocycles. The van der Waals surface area contributed by atoms with E-state index in [-0.39, 0.29) is 5.92 Å². The Labute approximate surface area is 154 Å². The number of nitrogens with zero attached hydrogens (tertiary/aromatic N) is 1. The van der Waals surface area contributed by atoms with Gasteiger partial charge in [0.2, 0.25) is 0 Å². The summed E-state index contributed by atoms with van der Waals surface area (Å²) in [5, 5.41) is 11.7. The van der Waals surface area contributed by atoms with Crippen molar-refractivity contribution < 1.29 is 14.6 Å². The second-order valence-corrected chi connectivity index (χ2v) is 6.31. The SMILES string of the molecule is COc1ccc(OC)c(C(C)(O)C(c2ccccc2)c2ccccn2)c1. The van der Waals surface area contributed by atoms with E-state index in [9.17, 15) is 5.11 Å². The molecular formula is C22H23NO3. The molecule has 0 radical (unpaired) electrons. The summed E-state index contributed by atoms with van der Waals surface area (Å²) in [4.78, 5) is 4.51. The molecule has 3 rings (SSSR count). The first-order valence-corrected chi connectivity index (χ1v) is 8.48. The van der Waals surface area contributed by atoms with E-state index in [1.165, 1.54) is 0 Å². The van der Waals surface area contributed by atoms with Gasteiger partial charge in [-0.15, -0.1) is 0 Å². The van der Waals surface area contributed by atoms with Crippen molar-refractivity contribution in [1.82, 2.24) is 4.98 Å². The Morgan fingerprint density at radius 2 is 1.65 bits per heavy atom. The van der Waals surface area contributed by atoms with Gasteiger partial charge in [-0.05, 0) is 42.8 Å². The lowest BCUT2D eigenvalue weighted by Crippen LogP contribution is -2.32. The van der Waals surface area contributed by atoms with Gasteiger partial charge < -0.3 is 14.6 Å². The fraction of sp³-hybridized carbons (Fsp3) is 0.227. The summed E-state index contributed by atoms with van der Waals surface area (Å²) in [5.41, 5.74) is 1.14. The molecule has 2 atom stereocenters. The van der Waals surface area contributed by atoms with Crippen LogP contribution in [0.15, 0.2) is 72.9 Å². The third kappa shape index (κ3) is 3.41. The molecule has 3 aromatic rings. The molecule has 26 heavy (non-hydrogen) atoms. The summed E-state index contributed by atoms with van der Waals surface area (Å²) in [6.45, 7) is 1.79. The van der Waals surface area contributed by atoms with Crippen LogP contribution >= 0.6 is 0 Å². The van der Waals surface area contributed by atoms with E-state index in [4.69, 9.17) is 9.47 Å². The van der Waals surface area contributed by atoms with Gasteiger partial charge in [-0.25, -0.2) is 0 Å². The van der Waals surface area contributed by atoms with Gasteiger partial charge in [-0.1, -0.05) is 36.4 Å². The van der Waals surface area contributed by atoms with E-state index >= 15 is 0 Å². The number of hydrogen-bond acceptors (Lipinski definition) is 4. The zero-order valence-electron chi connectivity index (χ0n) is 15.2. The van der Waals surface area contributed by atoms with Gasteiger partial charge in [0.15, 0.2) is 0 Å². The number of hydrogen-bond donors (Lipinski definition) is 1. The van der Waals surface area contributed by atoms with E-state index < -0.39 is 5.60 Å². The number of pyridine rings is 1. The number of ether oxygens (including phenoxy) is 2. The van der Waals surface area contributed by atoms with Crippen molar-refractivity contribution in [2.75, 3.05) is 14.2 Å². The van der Waals surface area contributed by atoms with Crippen LogP contribution in [0.3, 0.4) is 0 Å². The second-order valence-electron chi connectivity index (χ2n) is 6.31. The Balaban J connectivity index is 2.20. The highest BCUT2D eigenvalue weighted by atomic mass is 16.5. The van der Waals surface area contributed by atoms with E-state index in [2.05, 4.69) is 4.98 Å². The first kappa shape index (κ1) is 18.0. The largest absolute Gasteiger partial charge is 0.497 e. The zero-order valence-corrected chi connectivity index (χ0v) is 15.2. The molecule has 0 fully saturated rings. The predicted octanol–water partition coefficient (Wildman–Crippen LogP) is 4.14. The molecule has 1 aromatic heterocycles.